The molecule has 1 fully saturated rings. The van der Waals surface area contributed by atoms with E-state index >= 15 is 0 Å². The largest absolute Gasteiger partial charge is 0.358 e. The Kier molecular flexibility index (Phi) is 5.19. The molecule has 6 rings (SSSR count). The van der Waals surface area contributed by atoms with Gasteiger partial charge in [0.2, 0.25) is 0 Å². The summed E-state index contributed by atoms with van der Waals surface area (Å²) in [4.78, 5) is 17.9. The molecule has 1 saturated heterocycles. The van der Waals surface area contributed by atoms with E-state index in [1.807, 2.05) is 37.0 Å². The first kappa shape index (κ1) is 21.1. The van der Waals surface area contributed by atoms with E-state index in [2.05, 4.69) is 39.3 Å². The molecule has 1 unspecified atom stereocenters. The summed E-state index contributed by atoms with van der Waals surface area (Å²) in [6.45, 7) is 1.16. The molecule has 1 aliphatic heterocycles. The van der Waals surface area contributed by atoms with E-state index in [0.29, 0.717) is 12.1 Å². The quantitative estimate of drug-likeness (QED) is 0.386. The van der Waals surface area contributed by atoms with Crippen LogP contribution in [0, 0.1) is 0 Å². The van der Waals surface area contributed by atoms with Gasteiger partial charge >= 0.3 is 0 Å². The zero-order valence-corrected chi connectivity index (χ0v) is 19.9. The molecular formula is C24H25N7O2S. The highest BCUT2D eigenvalue weighted by Crippen LogP contribution is 2.31. The van der Waals surface area contributed by atoms with Gasteiger partial charge < -0.3 is 13.9 Å². The molecular weight excluding hydrogens is 450 g/mol. The fourth-order valence-corrected chi connectivity index (χ4v) is 5.54. The van der Waals surface area contributed by atoms with Crippen molar-refractivity contribution in [2.24, 2.45) is 14.1 Å². The smallest absolute Gasteiger partial charge is 0.291 e. The topological polar surface area (TPSA) is 84.7 Å². The van der Waals surface area contributed by atoms with Crippen LogP contribution in [0.2, 0.25) is 0 Å². The van der Waals surface area contributed by atoms with Crippen molar-refractivity contribution < 1.29 is 4.74 Å². The van der Waals surface area contributed by atoms with Crippen LogP contribution in [0.5, 0.6) is 0 Å². The van der Waals surface area contributed by atoms with E-state index in [9.17, 15) is 4.79 Å². The van der Waals surface area contributed by atoms with Crippen molar-refractivity contribution in [3.63, 3.8) is 0 Å². The number of nitrogens with zero attached hydrogens (tertiary/aromatic N) is 7. The molecule has 6 heterocycles. The summed E-state index contributed by atoms with van der Waals surface area (Å²) in [5.74, 6) is 0. The van der Waals surface area contributed by atoms with Crippen molar-refractivity contribution in [2.75, 3.05) is 6.61 Å². The van der Waals surface area contributed by atoms with Gasteiger partial charge in [0.1, 0.15) is 16.8 Å². The van der Waals surface area contributed by atoms with E-state index in [1.54, 1.807) is 22.2 Å². The predicted molar refractivity (Wildman–Crippen MR) is 133 cm³/mol. The molecule has 0 bridgehead atoms. The second kappa shape index (κ2) is 8.37. The van der Waals surface area contributed by atoms with E-state index < -0.39 is 0 Å². The van der Waals surface area contributed by atoms with Crippen LogP contribution in [-0.4, -0.2) is 40.3 Å². The molecule has 5 aromatic heterocycles. The lowest BCUT2D eigenvalue weighted by Gasteiger charge is -2.23. The van der Waals surface area contributed by atoms with E-state index in [0.717, 1.165) is 51.4 Å². The number of hydrogen-bond donors (Lipinski definition) is 0. The van der Waals surface area contributed by atoms with Crippen molar-refractivity contribution in [1.82, 2.24) is 33.7 Å². The number of ether oxygens (including phenoxy) is 1. The maximum Gasteiger partial charge on any atom is 0.291 e. The lowest BCUT2D eigenvalue weighted by molar-refractivity contribution is -0.0317. The Balaban J connectivity index is 1.29. The molecule has 0 N–H and O–H groups in total. The number of hydrogen-bond acceptors (Lipinski definition) is 6. The summed E-state index contributed by atoms with van der Waals surface area (Å²) in [6.07, 6.45) is 15.4. The lowest BCUT2D eigenvalue weighted by atomic mass is 10.2. The molecule has 34 heavy (non-hydrogen) atoms. The molecule has 0 aliphatic carbocycles. The molecule has 0 aromatic carbocycles. The average molecular weight is 476 g/mol. The van der Waals surface area contributed by atoms with Crippen LogP contribution in [0.3, 0.4) is 0 Å². The molecule has 0 radical (unpaired) electrons. The fraction of sp³-hybridized carbons (Fsp3) is 0.333. The van der Waals surface area contributed by atoms with Gasteiger partial charge in [0.15, 0.2) is 5.65 Å². The summed E-state index contributed by atoms with van der Waals surface area (Å²) in [7, 11) is 3.74. The molecule has 5 aromatic rings. The molecule has 0 spiro atoms. The third-order valence-corrected chi connectivity index (χ3v) is 7.31. The first-order valence-corrected chi connectivity index (χ1v) is 12.2. The van der Waals surface area contributed by atoms with Gasteiger partial charge in [0.05, 0.1) is 23.1 Å². The minimum absolute atomic E-state index is 0.138. The molecule has 0 amide bonds. The molecule has 10 heteroatoms. The highest BCUT2D eigenvalue weighted by molar-refractivity contribution is 7.20. The number of aromatic nitrogens is 7. The maximum absolute atomic E-state index is 13.2. The minimum atomic E-state index is -0.140. The van der Waals surface area contributed by atoms with Crippen LogP contribution in [0.25, 0.3) is 33.4 Å². The van der Waals surface area contributed by atoms with E-state index in [1.165, 1.54) is 11.1 Å². The summed E-state index contributed by atoms with van der Waals surface area (Å²) in [5.41, 5.74) is 3.17. The van der Waals surface area contributed by atoms with Gasteiger partial charge in [-0.15, -0.1) is 11.3 Å². The minimum Gasteiger partial charge on any atom is -0.358 e. The lowest BCUT2D eigenvalue weighted by Crippen LogP contribution is -2.24. The van der Waals surface area contributed by atoms with Gasteiger partial charge in [0.25, 0.3) is 5.56 Å². The normalized spacial score (nSPS) is 16.9. The number of aryl methyl sites for hydroxylation is 2. The third-order valence-electron chi connectivity index (χ3n) is 6.27. The van der Waals surface area contributed by atoms with Gasteiger partial charge in [-0.05, 0) is 43.0 Å². The third kappa shape index (κ3) is 3.68. The van der Waals surface area contributed by atoms with Gasteiger partial charge in [-0.2, -0.15) is 10.2 Å². The zero-order chi connectivity index (χ0) is 23.2. The van der Waals surface area contributed by atoms with Crippen molar-refractivity contribution in [2.45, 2.75) is 32.0 Å². The highest BCUT2D eigenvalue weighted by atomic mass is 32.1. The summed E-state index contributed by atoms with van der Waals surface area (Å²) in [6, 6.07) is 3.98. The Morgan fingerprint density at radius 1 is 1.21 bits per heavy atom. The summed E-state index contributed by atoms with van der Waals surface area (Å²) >= 11 is 1.57. The summed E-state index contributed by atoms with van der Waals surface area (Å²) < 4.78 is 14.0. The fourth-order valence-electron chi connectivity index (χ4n) is 4.52. The summed E-state index contributed by atoms with van der Waals surface area (Å²) in [5, 5.41) is 10.5. The van der Waals surface area contributed by atoms with Crippen LogP contribution in [0.4, 0.5) is 0 Å². The van der Waals surface area contributed by atoms with Crippen molar-refractivity contribution >= 4 is 44.7 Å². The monoisotopic (exact) mass is 475 g/mol. The average Bonchev–Trinajstić information content (AvgIpc) is 3.62. The molecule has 1 aliphatic rings. The van der Waals surface area contributed by atoms with Crippen LogP contribution < -0.4 is 5.56 Å². The van der Waals surface area contributed by atoms with Crippen LogP contribution >= 0.6 is 11.3 Å². The van der Waals surface area contributed by atoms with Crippen LogP contribution in [0.15, 0.2) is 41.7 Å². The Hall–Kier alpha value is -3.50. The van der Waals surface area contributed by atoms with Crippen molar-refractivity contribution in [3.05, 3.63) is 63.5 Å². The van der Waals surface area contributed by atoms with Crippen molar-refractivity contribution in [3.8, 4) is 0 Å². The molecule has 0 saturated carbocycles. The Labute approximate surface area is 199 Å². The number of rotatable bonds is 5. The Morgan fingerprint density at radius 3 is 2.91 bits per heavy atom. The van der Waals surface area contributed by atoms with Gasteiger partial charge in [-0.25, -0.2) is 9.67 Å². The van der Waals surface area contributed by atoms with E-state index in [-0.39, 0.29) is 11.8 Å². The zero-order valence-electron chi connectivity index (χ0n) is 19.1. The van der Waals surface area contributed by atoms with Crippen LogP contribution in [0.1, 0.15) is 41.8 Å². The first-order valence-electron chi connectivity index (χ1n) is 11.4. The van der Waals surface area contributed by atoms with Gasteiger partial charge in [0, 0.05) is 44.7 Å². The maximum atomic E-state index is 13.2. The predicted octanol–water partition coefficient (Wildman–Crippen LogP) is 3.80. The number of fused-ring (bicyclic) bond motifs is 3. The van der Waals surface area contributed by atoms with E-state index in [4.69, 9.17) is 9.72 Å². The second-order valence-electron chi connectivity index (χ2n) is 8.66. The standard InChI is InChI=1S/C24H25N7O2S/c1-28-10-9-17(27-28)15-31-24(32)21-18(13-25-31)22-23(29(21)2)26-19(34-22)7-6-16-8-11-30(14-16)20-5-3-4-12-33-20/h6-11,13-14,20H,3-5,12,15H2,1-2H3/b7-6+. The second-order valence-corrected chi connectivity index (χ2v) is 9.69. The van der Waals surface area contributed by atoms with Gasteiger partial charge in [-0.3, -0.25) is 9.48 Å². The van der Waals surface area contributed by atoms with Crippen LogP contribution in [-0.2, 0) is 25.4 Å². The Morgan fingerprint density at radius 2 is 2.12 bits per heavy atom. The Bertz CT molecular complexity index is 1580. The SMILES string of the molecule is Cn1ccc(Cn2ncc3c4sc(/C=C/c5ccn(C6CCCCO6)c5)nc4n(C)c3c2=O)n1. The van der Waals surface area contributed by atoms with Gasteiger partial charge in [-0.1, -0.05) is 6.08 Å². The molecule has 174 valence electrons. The molecule has 9 nitrogen and oxygen atoms in total. The molecule has 1 atom stereocenters. The highest BCUT2D eigenvalue weighted by Gasteiger charge is 2.18. The number of thiazole rings is 1. The van der Waals surface area contributed by atoms with Crippen molar-refractivity contribution in [1.29, 1.82) is 0 Å². The first-order chi connectivity index (χ1) is 16.6.